The van der Waals surface area contributed by atoms with Gasteiger partial charge in [-0.25, -0.2) is 9.97 Å². The number of nitrogens with two attached hydrogens (primary N) is 1. The van der Waals surface area contributed by atoms with E-state index >= 15 is 0 Å². The molecular weight excluding hydrogens is 266 g/mol. The fraction of sp³-hybridized carbons (Fsp3) is 0.267. The van der Waals surface area contributed by atoms with Gasteiger partial charge in [-0.1, -0.05) is 23.4 Å². The van der Waals surface area contributed by atoms with Gasteiger partial charge in [0.15, 0.2) is 5.84 Å². The summed E-state index contributed by atoms with van der Waals surface area (Å²) in [5, 5.41) is 11.8. The van der Waals surface area contributed by atoms with Crippen LogP contribution in [0.15, 0.2) is 41.7 Å². The number of rotatable bonds is 2. The second-order valence-electron chi connectivity index (χ2n) is 5.11. The van der Waals surface area contributed by atoms with Crippen LogP contribution in [0.2, 0.25) is 0 Å². The lowest BCUT2D eigenvalue weighted by atomic mass is 9.97. The molecule has 1 unspecified atom stereocenters. The minimum absolute atomic E-state index is 0.0170. The van der Waals surface area contributed by atoms with Crippen molar-refractivity contribution in [1.82, 2.24) is 9.97 Å². The number of amidine groups is 1. The topological polar surface area (TPSA) is 87.6 Å². The number of aromatic nitrogens is 2. The molecule has 0 saturated carbocycles. The molecule has 6 heteroatoms. The smallest absolute Gasteiger partial charge is 0.230 e. The SMILES string of the molecule is CC1CCc2ccccc2N1c1nccc(/C(N)=N/O)n1. The number of fused-ring (bicyclic) bond motifs is 1. The molecule has 21 heavy (non-hydrogen) atoms. The van der Waals surface area contributed by atoms with E-state index < -0.39 is 0 Å². The molecule has 0 amide bonds. The fourth-order valence-electron chi connectivity index (χ4n) is 2.65. The van der Waals surface area contributed by atoms with Crippen LogP contribution < -0.4 is 10.6 Å². The number of nitrogens with zero attached hydrogens (tertiary/aromatic N) is 4. The Morgan fingerprint density at radius 3 is 3.00 bits per heavy atom. The van der Waals surface area contributed by atoms with E-state index in [0.717, 1.165) is 18.5 Å². The van der Waals surface area contributed by atoms with Gasteiger partial charge in [0.05, 0.1) is 0 Å². The maximum Gasteiger partial charge on any atom is 0.230 e. The summed E-state index contributed by atoms with van der Waals surface area (Å²) >= 11 is 0. The van der Waals surface area contributed by atoms with Crippen LogP contribution in [0.3, 0.4) is 0 Å². The molecule has 1 aromatic heterocycles. The second-order valence-corrected chi connectivity index (χ2v) is 5.11. The third-order valence-corrected chi connectivity index (χ3v) is 3.75. The summed E-state index contributed by atoms with van der Waals surface area (Å²) in [6.07, 6.45) is 3.71. The van der Waals surface area contributed by atoms with Gasteiger partial charge in [0.2, 0.25) is 5.95 Å². The van der Waals surface area contributed by atoms with Crippen LogP contribution in [0.1, 0.15) is 24.6 Å². The van der Waals surface area contributed by atoms with Crippen molar-refractivity contribution in [2.75, 3.05) is 4.90 Å². The Balaban J connectivity index is 2.07. The number of benzene rings is 1. The molecule has 0 aliphatic carbocycles. The van der Waals surface area contributed by atoms with E-state index in [0.29, 0.717) is 17.7 Å². The van der Waals surface area contributed by atoms with Crippen LogP contribution in [0.5, 0.6) is 0 Å². The zero-order chi connectivity index (χ0) is 14.8. The second kappa shape index (κ2) is 5.40. The van der Waals surface area contributed by atoms with Gasteiger partial charge in [-0.15, -0.1) is 0 Å². The van der Waals surface area contributed by atoms with Crippen LogP contribution in [0.4, 0.5) is 11.6 Å². The Labute approximate surface area is 122 Å². The van der Waals surface area contributed by atoms with E-state index in [1.807, 2.05) is 12.1 Å². The molecule has 0 saturated heterocycles. The molecule has 1 atom stereocenters. The van der Waals surface area contributed by atoms with Gasteiger partial charge in [0, 0.05) is 17.9 Å². The van der Waals surface area contributed by atoms with Crippen LogP contribution in [-0.4, -0.2) is 27.1 Å². The van der Waals surface area contributed by atoms with Gasteiger partial charge in [0.25, 0.3) is 0 Å². The molecule has 0 radical (unpaired) electrons. The fourth-order valence-corrected chi connectivity index (χ4v) is 2.65. The summed E-state index contributed by atoms with van der Waals surface area (Å²) in [5.41, 5.74) is 8.43. The molecule has 2 aromatic rings. The predicted octanol–water partition coefficient (Wildman–Crippen LogP) is 2.04. The molecule has 1 aliphatic rings. The standard InChI is InChI=1S/C15H17N5O/c1-10-6-7-11-4-2-3-5-13(11)20(10)15-17-9-8-12(18-15)14(16)19-21/h2-5,8-10,21H,6-7H2,1H3,(H2,16,19). The Morgan fingerprint density at radius 2 is 2.19 bits per heavy atom. The number of anilines is 2. The lowest BCUT2D eigenvalue weighted by Crippen LogP contribution is -2.34. The zero-order valence-electron chi connectivity index (χ0n) is 11.8. The maximum absolute atomic E-state index is 8.79. The monoisotopic (exact) mass is 283 g/mol. The van der Waals surface area contributed by atoms with Crippen molar-refractivity contribution in [3.63, 3.8) is 0 Å². The molecular formula is C15H17N5O. The molecule has 3 rings (SSSR count). The van der Waals surface area contributed by atoms with Crippen LogP contribution in [-0.2, 0) is 6.42 Å². The van der Waals surface area contributed by atoms with Gasteiger partial charge >= 0.3 is 0 Å². The third kappa shape index (κ3) is 2.40. The summed E-state index contributed by atoms with van der Waals surface area (Å²) < 4.78 is 0. The largest absolute Gasteiger partial charge is 0.409 e. The highest BCUT2D eigenvalue weighted by molar-refractivity contribution is 5.95. The number of oxime groups is 1. The zero-order valence-corrected chi connectivity index (χ0v) is 11.8. The molecule has 108 valence electrons. The van der Waals surface area contributed by atoms with E-state index in [1.54, 1.807) is 12.3 Å². The highest BCUT2D eigenvalue weighted by Crippen LogP contribution is 2.34. The maximum atomic E-state index is 8.79. The van der Waals surface area contributed by atoms with E-state index in [9.17, 15) is 0 Å². The molecule has 0 fully saturated rings. The van der Waals surface area contributed by atoms with Crippen molar-refractivity contribution in [1.29, 1.82) is 0 Å². The van der Waals surface area contributed by atoms with Crippen molar-refractivity contribution in [3.8, 4) is 0 Å². The molecule has 1 aliphatic heterocycles. The lowest BCUT2D eigenvalue weighted by Gasteiger charge is -2.35. The van der Waals surface area contributed by atoms with Crippen molar-refractivity contribution < 1.29 is 5.21 Å². The number of aryl methyl sites for hydroxylation is 1. The van der Waals surface area contributed by atoms with Gasteiger partial charge in [-0.05, 0) is 37.5 Å². The van der Waals surface area contributed by atoms with E-state index in [4.69, 9.17) is 10.9 Å². The number of hydrogen-bond acceptors (Lipinski definition) is 5. The van der Waals surface area contributed by atoms with Gasteiger partial charge in [0.1, 0.15) is 5.69 Å². The summed E-state index contributed by atoms with van der Waals surface area (Å²) in [6.45, 7) is 2.15. The highest BCUT2D eigenvalue weighted by atomic mass is 16.4. The summed E-state index contributed by atoms with van der Waals surface area (Å²) in [4.78, 5) is 10.9. The van der Waals surface area contributed by atoms with Crippen molar-refractivity contribution in [3.05, 3.63) is 47.8 Å². The number of para-hydroxylation sites is 1. The van der Waals surface area contributed by atoms with Crippen molar-refractivity contribution in [2.45, 2.75) is 25.8 Å². The summed E-state index contributed by atoms with van der Waals surface area (Å²) in [7, 11) is 0. The minimum atomic E-state index is -0.0170. The molecule has 2 heterocycles. The quantitative estimate of drug-likeness (QED) is 0.381. The molecule has 0 spiro atoms. The first-order valence-electron chi connectivity index (χ1n) is 6.89. The Bertz CT molecular complexity index is 685. The average Bonchev–Trinajstić information content (AvgIpc) is 2.54. The van der Waals surface area contributed by atoms with E-state index in [2.05, 4.69) is 39.1 Å². The van der Waals surface area contributed by atoms with Gasteiger partial charge < -0.3 is 15.8 Å². The van der Waals surface area contributed by atoms with Crippen LogP contribution in [0, 0.1) is 0 Å². The molecule has 3 N–H and O–H groups in total. The number of hydrogen-bond donors (Lipinski definition) is 2. The first kappa shape index (κ1) is 13.4. The average molecular weight is 283 g/mol. The third-order valence-electron chi connectivity index (χ3n) is 3.75. The molecule has 6 nitrogen and oxygen atoms in total. The first-order chi connectivity index (χ1) is 10.2. The molecule has 0 bridgehead atoms. The van der Waals surface area contributed by atoms with E-state index in [-0.39, 0.29) is 5.84 Å². The van der Waals surface area contributed by atoms with Gasteiger partial charge in [-0.3, -0.25) is 0 Å². The summed E-state index contributed by atoms with van der Waals surface area (Å²) in [5.74, 6) is 0.551. The van der Waals surface area contributed by atoms with Crippen LogP contribution in [0.25, 0.3) is 0 Å². The Kier molecular flexibility index (Phi) is 3.43. The minimum Gasteiger partial charge on any atom is -0.409 e. The first-order valence-corrected chi connectivity index (χ1v) is 6.89. The Morgan fingerprint density at radius 1 is 1.38 bits per heavy atom. The normalized spacial score (nSPS) is 18.4. The highest BCUT2D eigenvalue weighted by Gasteiger charge is 2.26. The van der Waals surface area contributed by atoms with Crippen molar-refractivity contribution in [2.24, 2.45) is 10.9 Å². The lowest BCUT2D eigenvalue weighted by molar-refractivity contribution is 0.318. The van der Waals surface area contributed by atoms with Crippen molar-refractivity contribution >= 4 is 17.5 Å². The predicted molar refractivity (Wildman–Crippen MR) is 80.9 cm³/mol. The molecule has 1 aromatic carbocycles. The summed E-state index contributed by atoms with van der Waals surface area (Å²) in [6, 6.07) is 10.2. The van der Waals surface area contributed by atoms with Crippen LogP contribution >= 0.6 is 0 Å². The van der Waals surface area contributed by atoms with Gasteiger partial charge in [-0.2, -0.15) is 0 Å². The van der Waals surface area contributed by atoms with E-state index in [1.165, 1.54) is 5.56 Å². The Hall–Kier alpha value is -2.63.